The van der Waals surface area contributed by atoms with Crippen LogP contribution in [0, 0.1) is 25.2 Å². The number of nitrogens with zero attached hydrogens (tertiary/aromatic N) is 4. The highest BCUT2D eigenvalue weighted by Crippen LogP contribution is 2.26. The molecule has 1 unspecified atom stereocenters. The summed E-state index contributed by atoms with van der Waals surface area (Å²) in [4.78, 5) is 4.30. The van der Waals surface area contributed by atoms with Gasteiger partial charge in [0.2, 0.25) is 0 Å². The zero-order chi connectivity index (χ0) is 13.9. The van der Waals surface area contributed by atoms with E-state index in [9.17, 15) is 5.26 Å². The highest BCUT2D eigenvalue weighted by Gasteiger charge is 2.34. The predicted octanol–water partition coefficient (Wildman–Crippen LogP) is 2.10. The van der Waals surface area contributed by atoms with Crippen LogP contribution in [0.25, 0.3) is 0 Å². The molecule has 0 bridgehead atoms. The fourth-order valence-electron chi connectivity index (χ4n) is 2.44. The lowest BCUT2D eigenvalue weighted by Gasteiger charge is -2.26. The van der Waals surface area contributed by atoms with Crippen molar-refractivity contribution in [2.45, 2.75) is 71.0 Å². The van der Waals surface area contributed by atoms with Gasteiger partial charge in [0.1, 0.15) is 17.2 Å². The number of aryl methyl sites for hydroxylation is 3. The monoisotopic (exact) mass is 261 g/mol. The summed E-state index contributed by atoms with van der Waals surface area (Å²) in [7, 11) is 0. The van der Waals surface area contributed by atoms with E-state index in [-0.39, 0.29) is 5.54 Å². The van der Waals surface area contributed by atoms with Crippen LogP contribution in [0.3, 0.4) is 0 Å². The molecule has 1 aliphatic carbocycles. The Balaban J connectivity index is 1.88. The molecule has 5 nitrogen and oxygen atoms in total. The van der Waals surface area contributed by atoms with Gasteiger partial charge in [-0.3, -0.25) is 10.00 Å². The van der Waals surface area contributed by atoms with Crippen molar-refractivity contribution in [3.05, 3.63) is 11.6 Å². The highest BCUT2D eigenvalue weighted by atomic mass is 15.3. The van der Waals surface area contributed by atoms with Crippen LogP contribution < -0.4 is 5.32 Å². The molecule has 5 heteroatoms. The maximum absolute atomic E-state index is 9.46. The van der Waals surface area contributed by atoms with Gasteiger partial charge in [-0.2, -0.15) is 10.4 Å². The van der Waals surface area contributed by atoms with Gasteiger partial charge < -0.3 is 0 Å². The molecule has 0 radical (unpaired) electrons. The van der Waals surface area contributed by atoms with E-state index in [2.05, 4.69) is 28.4 Å². The lowest BCUT2D eigenvalue weighted by Crippen LogP contribution is -2.44. The summed E-state index contributed by atoms with van der Waals surface area (Å²) < 4.78 is 1.93. The Morgan fingerprint density at radius 2 is 2.21 bits per heavy atom. The zero-order valence-corrected chi connectivity index (χ0v) is 12.1. The molecule has 0 amide bonds. The Kier molecular flexibility index (Phi) is 4.20. The number of rotatable bonds is 7. The van der Waals surface area contributed by atoms with E-state index in [1.165, 1.54) is 12.8 Å². The molecule has 1 aliphatic rings. The van der Waals surface area contributed by atoms with Gasteiger partial charge in [-0.25, -0.2) is 4.98 Å². The summed E-state index contributed by atoms with van der Waals surface area (Å²) in [6, 6.07) is 3.05. The van der Waals surface area contributed by atoms with E-state index in [1.807, 2.05) is 18.5 Å². The number of nitriles is 1. The molecule has 104 valence electrons. The van der Waals surface area contributed by atoms with Crippen LogP contribution in [-0.4, -0.2) is 26.3 Å². The maximum atomic E-state index is 9.46. The summed E-state index contributed by atoms with van der Waals surface area (Å²) in [5, 5.41) is 17.3. The summed E-state index contributed by atoms with van der Waals surface area (Å²) in [6.07, 6.45) is 5.10. The zero-order valence-electron chi connectivity index (χ0n) is 12.1. The molecular weight excluding hydrogens is 238 g/mol. The van der Waals surface area contributed by atoms with E-state index in [0.717, 1.165) is 37.5 Å². The molecule has 1 saturated carbocycles. The SMILES string of the molecule is CCC(C#N)(CCCn1nc(C)nc1C)NC1CC1. The van der Waals surface area contributed by atoms with E-state index in [4.69, 9.17) is 0 Å². The highest BCUT2D eigenvalue weighted by molar-refractivity contribution is 5.09. The number of hydrogen-bond donors (Lipinski definition) is 1. The van der Waals surface area contributed by atoms with Crippen molar-refractivity contribution in [3.63, 3.8) is 0 Å². The van der Waals surface area contributed by atoms with Crippen molar-refractivity contribution < 1.29 is 0 Å². The average molecular weight is 261 g/mol. The third-order valence-corrected chi connectivity index (χ3v) is 3.81. The Bertz CT molecular complexity index is 469. The minimum absolute atomic E-state index is 0.356. The van der Waals surface area contributed by atoms with Crippen LogP contribution in [0.15, 0.2) is 0 Å². The third-order valence-electron chi connectivity index (χ3n) is 3.81. The molecule has 1 heterocycles. The van der Waals surface area contributed by atoms with Gasteiger partial charge >= 0.3 is 0 Å². The molecule has 0 spiro atoms. The quantitative estimate of drug-likeness (QED) is 0.816. The van der Waals surface area contributed by atoms with E-state index < -0.39 is 0 Å². The standard InChI is InChI=1S/C14H23N5/c1-4-14(10-15,17-13-6-7-13)8-5-9-19-12(3)16-11(2)18-19/h13,17H,4-9H2,1-3H3. The van der Waals surface area contributed by atoms with Gasteiger partial charge in [0, 0.05) is 12.6 Å². The van der Waals surface area contributed by atoms with Crippen LogP contribution >= 0.6 is 0 Å². The third kappa shape index (κ3) is 3.54. The summed E-state index contributed by atoms with van der Waals surface area (Å²) in [5.41, 5.74) is -0.356. The molecule has 0 saturated heterocycles. The van der Waals surface area contributed by atoms with Crippen molar-refractivity contribution in [2.24, 2.45) is 0 Å². The van der Waals surface area contributed by atoms with Gasteiger partial charge in [-0.05, 0) is 46.0 Å². The van der Waals surface area contributed by atoms with Gasteiger partial charge in [0.05, 0.1) is 6.07 Å². The van der Waals surface area contributed by atoms with Crippen molar-refractivity contribution >= 4 is 0 Å². The van der Waals surface area contributed by atoms with Crippen molar-refractivity contribution in [2.75, 3.05) is 0 Å². The fraction of sp³-hybridized carbons (Fsp3) is 0.786. The first-order chi connectivity index (χ1) is 9.08. The van der Waals surface area contributed by atoms with Gasteiger partial charge in [-0.15, -0.1) is 0 Å². The fourth-order valence-corrected chi connectivity index (χ4v) is 2.44. The minimum atomic E-state index is -0.356. The van der Waals surface area contributed by atoms with Gasteiger partial charge in [0.25, 0.3) is 0 Å². The molecule has 1 fully saturated rings. The lowest BCUT2D eigenvalue weighted by molar-refractivity contribution is 0.347. The van der Waals surface area contributed by atoms with Crippen molar-refractivity contribution in [1.82, 2.24) is 20.1 Å². The Labute approximate surface area is 115 Å². The van der Waals surface area contributed by atoms with Crippen LogP contribution in [0.1, 0.15) is 50.7 Å². The Morgan fingerprint density at radius 1 is 1.47 bits per heavy atom. The number of aromatic nitrogens is 3. The summed E-state index contributed by atoms with van der Waals surface area (Å²) in [5.74, 6) is 1.77. The van der Waals surface area contributed by atoms with Gasteiger partial charge in [0.15, 0.2) is 0 Å². The second-order valence-electron chi connectivity index (χ2n) is 5.50. The summed E-state index contributed by atoms with van der Waals surface area (Å²) in [6.45, 7) is 6.80. The lowest BCUT2D eigenvalue weighted by atomic mass is 9.92. The molecule has 0 aromatic carbocycles. The van der Waals surface area contributed by atoms with Crippen LogP contribution in [-0.2, 0) is 6.54 Å². The molecule has 1 aromatic rings. The smallest absolute Gasteiger partial charge is 0.147 e. The van der Waals surface area contributed by atoms with Crippen LogP contribution in [0.2, 0.25) is 0 Å². The Hall–Kier alpha value is -1.41. The van der Waals surface area contributed by atoms with E-state index >= 15 is 0 Å². The first-order valence-corrected chi connectivity index (χ1v) is 7.15. The first kappa shape index (κ1) is 14.0. The second-order valence-corrected chi connectivity index (χ2v) is 5.50. The number of nitrogens with one attached hydrogen (secondary N) is 1. The second kappa shape index (κ2) is 5.70. The average Bonchev–Trinajstić information content (AvgIpc) is 3.14. The molecule has 1 aromatic heterocycles. The van der Waals surface area contributed by atoms with Crippen LogP contribution in [0.5, 0.6) is 0 Å². The topological polar surface area (TPSA) is 66.5 Å². The van der Waals surface area contributed by atoms with Crippen molar-refractivity contribution in [1.29, 1.82) is 5.26 Å². The normalized spacial score (nSPS) is 18.0. The number of hydrogen-bond acceptors (Lipinski definition) is 4. The minimum Gasteiger partial charge on any atom is -0.297 e. The van der Waals surface area contributed by atoms with Crippen LogP contribution in [0.4, 0.5) is 0 Å². The molecular formula is C14H23N5. The predicted molar refractivity (Wildman–Crippen MR) is 73.5 cm³/mol. The van der Waals surface area contributed by atoms with E-state index in [1.54, 1.807) is 0 Å². The molecule has 1 N–H and O–H groups in total. The van der Waals surface area contributed by atoms with Crippen molar-refractivity contribution in [3.8, 4) is 6.07 Å². The molecule has 0 aliphatic heterocycles. The van der Waals surface area contributed by atoms with E-state index in [0.29, 0.717) is 6.04 Å². The molecule has 2 rings (SSSR count). The van der Waals surface area contributed by atoms with Gasteiger partial charge in [-0.1, -0.05) is 6.92 Å². The molecule has 19 heavy (non-hydrogen) atoms. The first-order valence-electron chi connectivity index (χ1n) is 7.15. The Morgan fingerprint density at radius 3 is 2.68 bits per heavy atom. The molecule has 1 atom stereocenters. The largest absolute Gasteiger partial charge is 0.297 e. The maximum Gasteiger partial charge on any atom is 0.147 e. The summed E-state index contributed by atoms with van der Waals surface area (Å²) >= 11 is 0.